The first-order valence-corrected chi connectivity index (χ1v) is 16.6. The van der Waals surface area contributed by atoms with Crippen LogP contribution in [0.5, 0.6) is 11.5 Å². The quantitative estimate of drug-likeness (QED) is 0.353. The third-order valence-corrected chi connectivity index (χ3v) is 11.3. The highest BCUT2D eigenvalue weighted by Crippen LogP contribution is 2.39. The van der Waals surface area contributed by atoms with E-state index >= 15 is 0 Å². The van der Waals surface area contributed by atoms with Gasteiger partial charge in [0.1, 0.15) is 30.8 Å². The molecule has 2 aromatic carbocycles. The van der Waals surface area contributed by atoms with E-state index in [1.54, 1.807) is 30.3 Å². The summed E-state index contributed by atoms with van der Waals surface area (Å²) < 4.78 is 72.0. The molecule has 12 nitrogen and oxygen atoms in total. The third kappa shape index (κ3) is 6.63. The van der Waals surface area contributed by atoms with Crippen LogP contribution in [-0.4, -0.2) is 104 Å². The number of aliphatic hydroxyl groups is 1. The fourth-order valence-corrected chi connectivity index (χ4v) is 7.73. The minimum atomic E-state index is -3.65. The van der Waals surface area contributed by atoms with Crippen LogP contribution in [0, 0.1) is 0 Å². The number of benzene rings is 2. The average molecular weight is 611 g/mol. The summed E-state index contributed by atoms with van der Waals surface area (Å²) in [6.07, 6.45) is 1.09. The molecule has 2 aromatic rings. The molecule has 5 rings (SSSR count). The molecule has 3 heterocycles. The number of piperidine rings is 1. The fraction of sp³-hybridized carbons (Fsp3) is 0.556. The van der Waals surface area contributed by atoms with Crippen molar-refractivity contribution in [2.24, 2.45) is 0 Å². The maximum atomic E-state index is 13.4. The Morgan fingerprint density at radius 1 is 1.10 bits per heavy atom. The van der Waals surface area contributed by atoms with Gasteiger partial charge in [-0.05, 0) is 56.6 Å². The highest BCUT2D eigenvalue weighted by molar-refractivity contribution is 7.89. The lowest BCUT2D eigenvalue weighted by atomic mass is 9.88. The number of hydrogen-bond acceptors (Lipinski definition) is 10. The van der Waals surface area contributed by atoms with Gasteiger partial charge in [0.25, 0.3) is 0 Å². The predicted molar refractivity (Wildman–Crippen MR) is 152 cm³/mol. The zero-order valence-electron chi connectivity index (χ0n) is 23.3. The van der Waals surface area contributed by atoms with Gasteiger partial charge in [0.05, 0.1) is 34.2 Å². The second-order valence-electron chi connectivity index (χ2n) is 10.8. The Balaban J connectivity index is 1.09. The summed E-state index contributed by atoms with van der Waals surface area (Å²) in [5, 5.41) is 13.8. The van der Waals surface area contributed by atoms with Crippen molar-refractivity contribution in [3.05, 3.63) is 42.5 Å². The molecule has 3 aliphatic heterocycles. The Morgan fingerprint density at radius 3 is 2.63 bits per heavy atom. The molecule has 0 radical (unpaired) electrons. The van der Waals surface area contributed by atoms with Gasteiger partial charge in [-0.25, -0.2) is 21.6 Å². The summed E-state index contributed by atoms with van der Waals surface area (Å²) >= 11 is 0. The number of nitrogens with one attached hydrogen (secondary N) is 2. The van der Waals surface area contributed by atoms with E-state index < -0.39 is 31.8 Å². The number of anilines is 1. The van der Waals surface area contributed by atoms with E-state index in [0.29, 0.717) is 57.2 Å². The number of sulfonamides is 2. The van der Waals surface area contributed by atoms with Crippen LogP contribution < -0.4 is 24.4 Å². The second kappa shape index (κ2) is 12.0. The Labute approximate surface area is 241 Å². The number of rotatable bonds is 10. The first-order chi connectivity index (χ1) is 19.5. The SMILES string of the molecule is CNS(=O)(=O)c1cccc(OC[C@@H](O)CNC2COC3(CCN(S(=O)(=O)c4ccc5c(c4)N(C)CCO5)CC3)C2)c1. The summed E-state index contributed by atoms with van der Waals surface area (Å²) in [4.78, 5) is 2.35. The highest BCUT2D eigenvalue weighted by atomic mass is 32.2. The van der Waals surface area contributed by atoms with Gasteiger partial charge >= 0.3 is 0 Å². The van der Waals surface area contributed by atoms with Crippen molar-refractivity contribution in [2.45, 2.75) is 46.8 Å². The van der Waals surface area contributed by atoms with E-state index in [1.807, 2.05) is 11.9 Å². The number of hydrogen-bond donors (Lipinski definition) is 3. The number of fused-ring (bicyclic) bond motifs is 1. The monoisotopic (exact) mass is 610 g/mol. The van der Waals surface area contributed by atoms with Gasteiger partial charge in [0.2, 0.25) is 20.0 Å². The lowest BCUT2D eigenvalue weighted by molar-refractivity contribution is -0.0312. The Hall–Kier alpha value is -2.46. The summed E-state index contributed by atoms with van der Waals surface area (Å²) in [7, 11) is -3.97. The molecule has 3 N–H and O–H groups in total. The summed E-state index contributed by atoms with van der Waals surface area (Å²) in [6, 6.07) is 11.1. The summed E-state index contributed by atoms with van der Waals surface area (Å²) in [6.45, 7) is 2.76. The molecule has 0 aliphatic carbocycles. The largest absolute Gasteiger partial charge is 0.491 e. The predicted octanol–water partition coefficient (Wildman–Crippen LogP) is 0.765. The molecule has 2 fully saturated rings. The zero-order chi connectivity index (χ0) is 29.3. The average Bonchev–Trinajstić information content (AvgIpc) is 3.37. The van der Waals surface area contributed by atoms with Crippen LogP contribution in [0.2, 0.25) is 0 Å². The van der Waals surface area contributed by atoms with Crippen LogP contribution in [-0.2, 0) is 24.8 Å². The van der Waals surface area contributed by atoms with Gasteiger partial charge in [0, 0.05) is 38.8 Å². The van der Waals surface area contributed by atoms with E-state index in [9.17, 15) is 21.9 Å². The van der Waals surface area contributed by atoms with Crippen molar-refractivity contribution >= 4 is 25.7 Å². The van der Waals surface area contributed by atoms with Crippen molar-refractivity contribution in [3.8, 4) is 11.5 Å². The molecule has 226 valence electrons. The van der Waals surface area contributed by atoms with E-state index in [4.69, 9.17) is 14.2 Å². The lowest BCUT2D eigenvalue weighted by Crippen LogP contribution is -2.47. The number of aliphatic hydroxyl groups excluding tert-OH is 1. The van der Waals surface area contributed by atoms with Crippen molar-refractivity contribution in [1.82, 2.24) is 14.3 Å². The van der Waals surface area contributed by atoms with E-state index in [1.165, 1.54) is 23.5 Å². The van der Waals surface area contributed by atoms with E-state index in [2.05, 4.69) is 10.0 Å². The molecule has 2 saturated heterocycles. The van der Waals surface area contributed by atoms with Gasteiger partial charge in [-0.15, -0.1) is 0 Å². The third-order valence-electron chi connectivity index (χ3n) is 7.98. The fourth-order valence-electron chi connectivity index (χ4n) is 5.50. The summed E-state index contributed by atoms with van der Waals surface area (Å²) in [5.41, 5.74) is 0.385. The van der Waals surface area contributed by atoms with Crippen molar-refractivity contribution in [2.75, 3.05) is 65.0 Å². The van der Waals surface area contributed by atoms with Crippen molar-refractivity contribution < 1.29 is 36.2 Å². The van der Waals surface area contributed by atoms with Crippen LogP contribution in [0.15, 0.2) is 52.3 Å². The van der Waals surface area contributed by atoms with Gasteiger partial charge in [-0.3, -0.25) is 0 Å². The minimum absolute atomic E-state index is 0.00773. The van der Waals surface area contributed by atoms with E-state index in [0.717, 1.165) is 12.1 Å². The number of nitrogens with zero attached hydrogens (tertiary/aromatic N) is 2. The smallest absolute Gasteiger partial charge is 0.243 e. The molecule has 0 bridgehead atoms. The normalized spacial score (nSPS) is 21.8. The van der Waals surface area contributed by atoms with Crippen molar-refractivity contribution in [1.29, 1.82) is 0 Å². The maximum Gasteiger partial charge on any atom is 0.243 e. The first kappa shape index (κ1) is 30.0. The lowest BCUT2D eigenvalue weighted by Gasteiger charge is -2.38. The van der Waals surface area contributed by atoms with Gasteiger partial charge < -0.3 is 29.5 Å². The Kier molecular flexibility index (Phi) is 8.81. The molecule has 0 saturated carbocycles. The van der Waals surface area contributed by atoms with Crippen LogP contribution in [0.1, 0.15) is 19.3 Å². The van der Waals surface area contributed by atoms with Crippen LogP contribution in [0.4, 0.5) is 5.69 Å². The molecule has 3 aliphatic rings. The molecular weight excluding hydrogens is 572 g/mol. The number of ether oxygens (including phenoxy) is 3. The van der Waals surface area contributed by atoms with Crippen LogP contribution >= 0.6 is 0 Å². The van der Waals surface area contributed by atoms with Gasteiger partial charge in [0.15, 0.2) is 0 Å². The first-order valence-electron chi connectivity index (χ1n) is 13.7. The molecule has 41 heavy (non-hydrogen) atoms. The second-order valence-corrected chi connectivity index (χ2v) is 14.6. The topological polar surface area (TPSA) is 147 Å². The minimum Gasteiger partial charge on any atom is -0.491 e. The molecule has 1 unspecified atom stereocenters. The highest BCUT2D eigenvalue weighted by Gasteiger charge is 2.45. The van der Waals surface area contributed by atoms with Gasteiger partial charge in [-0.1, -0.05) is 6.07 Å². The summed E-state index contributed by atoms with van der Waals surface area (Å²) in [5.74, 6) is 1.04. The van der Waals surface area contributed by atoms with Crippen LogP contribution in [0.25, 0.3) is 0 Å². The zero-order valence-corrected chi connectivity index (χ0v) is 24.9. The molecule has 2 atom stereocenters. The maximum absolute atomic E-state index is 13.4. The molecule has 14 heteroatoms. The van der Waals surface area contributed by atoms with Crippen molar-refractivity contribution in [3.63, 3.8) is 0 Å². The molecule has 1 spiro atoms. The molecule has 0 amide bonds. The van der Waals surface area contributed by atoms with E-state index in [-0.39, 0.29) is 29.0 Å². The standard InChI is InChI=1S/C27H38N4O8S2/c1-28-40(33,34)23-5-3-4-22(14-23)38-19-21(32)17-29-20-16-27(39-18-20)8-10-31(11-9-27)41(35,36)24-6-7-26-25(15-24)30(2)12-13-37-26/h3-7,14-15,20-21,28-29,32H,8-13,16-19H2,1-2H3/t20?,21-/m0/s1. The molecule has 0 aromatic heterocycles. The Morgan fingerprint density at radius 2 is 1.88 bits per heavy atom. The van der Waals surface area contributed by atoms with Gasteiger partial charge in [-0.2, -0.15) is 4.31 Å². The number of likely N-dealkylation sites (N-methyl/N-ethyl adjacent to an activating group) is 1. The van der Waals surface area contributed by atoms with Crippen LogP contribution in [0.3, 0.4) is 0 Å². The molecular formula is C27H38N4O8S2. The Bertz CT molecular complexity index is 1440.